The molecule has 84 valence electrons. The lowest BCUT2D eigenvalue weighted by molar-refractivity contribution is 0.582. The lowest BCUT2D eigenvalue weighted by Gasteiger charge is -2.05. The third-order valence-corrected chi connectivity index (χ3v) is 2.72. The van der Waals surface area contributed by atoms with Gasteiger partial charge in [-0.1, -0.05) is 18.2 Å². The third kappa shape index (κ3) is 1.69. The molecule has 3 heteroatoms. The smallest absolute Gasteiger partial charge is 0.128 e. The van der Waals surface area contributed by atoms with Gasteiger partial charge in [0.05, 0.1) is 11.2 Å². The fraction of sp³-hybridized carbons (Fsp3) is 0. The maximum Gasteiger partial charge on any atom is 0.128 e. The molecule has 0 aliphatic carbocycles. The average Bonchev–Trinajstić information content (AvgIpc) is 2.71. The minimum Gasteiger partial charge on any atom is -0.316 e. The Morgan fingerprint density at radius 2 is 1.53 bits per heavy atom. The summed E-state index contributed by atoms with van der Waals surface area (Å²) in [5, 5.41) is 1.04. The van der Waals surface area contributed by atoms with Gasteiger partial charge in [-0.3, -0.25) is 0 Å². The molecule has 3 rings (SSSR count). The Hall–Kier alpha value is -2.16. The summed E-state index contributed by atoms with van der Waals surface area (Å²) in [4.78, 5) is 0. The number of benzene rings is 2. The third-order valence-electron chi connectivity index (χ3n) is 2.72. The molecule has 0 unspecified atom stereocenters. The van der Waals surface area contributed by atoms with Crippen LogP contribution in [-0.2, 0) is 0 Å². The predicted molar refractivity (Wildman–Crippen MR) is 63.2 cm³/mol. The van der Waals surface area contributed by atoms with E-state index in [0.29, 0.717) is 5.69 Å². The van der Waals surface area contributed by atoms with Gasteiger partial charge < -0.3 is 4.57 Å². The van der Waals surface area contributed by atoms with Crippen LogP contribution in [0.15, 0.2) is 54.7 Å². The highest BCUT2D eigenvalue weighted by Gasteiger charge is 2.05. The molecular weight excluding hydrogens is 220 g/mol. The summed E-state index contributed by atoms with van der Waals surface area (Å²) in [6, 6.07) is 13.1. The first-order chi connectivity index (χ1) is 8.24. The average molecular weight is 229 g/mol. The van der Waals surface area contributed by atoms with E-state index in [9.17, 15) is 8.78 Å². The molecule has 0 aliphatic heterocycles. The number of fused-ring (bicyclic) bond motifs is 1. The maximum absolute atomic E-state index is 13.2. The van der Waals surface area contributed by atoms with Crippen LogP contribution in [0.2, 0.25) is 0 Å². The summed E-state index contributed by atoms with van der Waals surface area (Å²) >= 11 is 0. The van der Waals surface area contributed by atoms with E-state index >= 15 is 0 Å². The van der Waals surface area contributed by atoms with Crippen molar-refractivity contribution in [1.82, 2.24) is 4.57 Å². The zero-order valence-electron chi connectivity index (χ0n) is 8.90. The molecule has 0 saturated heterocycles. The molecule has 0 saturated carbocycles. The van der Waals surface area contributed by atoms with Crippen LogP contribution in [0.5, 0.6) is 0 Å². The van der Waals surface area contributed by atoms with E-state index in [-0.39, 0.29) is 0 Å². The summed E-state index contributed by atoms with van der Waals surface area (Å²) in [6.07, 6.45) is 1.80. The summed E-state index contributed by atoms with van der Waals surface area (Å²) < 4.78 is 28.1. The molecule has 3 aromatic rings. The van der Waals surface area contributed by atoms with Gasteiger partial charge in [-0.2, -0.15) is 0 Å². The Kier molecular flexibility index (Phi) is 2.18. The summed E-state index contributed by atoms with van der Waals surface area (Å²) in [5.41, 5.74) is 1.42. The van der Waals surface area contributed by atoms with Gasteiger partial charge in [0.25, 0.3) is 0 Å². The van der Waals surface area contributed by atoms with Crippen molar-refractivity contribution in [1.29, 1.82) is 0 Å². The lowest BCUT2D eigenvalue weighted by Crippen LogP contribution is -1.94. The van der Waals surface area contributed by atoms with E-state index in [0.717, 1.165) is 17.0 Å². The molecule has 2 aromatic carbocycles. The van der Waals surface area contributed by atoms with Crippen LogP contribution < -0.4 is 0 Å². The van der Waals surface area contributed by atoms with Gasteiger partial charge in [-0.25, -0.2) is 8.78 Å². The topological polar surface area (TPSA) is 4.93 Å². The van der Waals surface area contributed by atoms with Crippen molar-refractivity contribution >= 4 is 10.9 Å². The highest BCUT2D eigenvalue weighted by molar-refractivity contribution is 5.81. The second kappa shape index (κ2) is 3.70. The van der Waals surface area contributed by atoms with Crippen LogP contribution in [0.25, 0.3) is 16.6 Å². The first-order valence-electron chi connectivity index (χ1n) is 5.26. The first-order valence-corrected chi connectivity index (χ1v) is 5.26. The van der Waals surface area contributed by atoms with Crippen molar-refractivity contribution < 1.29 is 8.78 Å². The van der Waals surface area contributed by atoms with E-state index in [1.165, 1.54) is 12.1 Å². The molecule has 1 aromatic heterocycles. The van der Waals surface area contributed by atoms with Gasteiger partial charge >= 0.3 is 0 Å². The molecule has 0 atom stereocenters. The van der Waals surface area contributed by atoms with E-state index in [4.69, 9.17) is 0 Å². The largest absolute Gasteiger partial charge is 0.316 e. The van der Waals surface area contributed by atoms with Crippen molar-refractivity contribution in [2.24, 2.45) is 0 Å². The van der Waals surface area contributed by atoms with E-state index in [2.05, 4.69) is 0 Å². The zero-order chi connectivity index (χ0) is 11.8. The SMILES string of the molecule is Fc1cc(F)cc(-n2ccc3ccccc32)c1. The molecule has 17 heavy (non-hydrogen) atoms. The summed E-state index contributed by atoms with van der Waals surface area (Å²) in [6.45, 7) is 0. The van der Waals surface area contributed by atoms with Gasteiger partial charge in [0.2, 0.25) is 0 Å². The second-order valence-electron chi connectivity index (χ2n) is 3.87. The predicted octanol–water partition coefficient (Wildman–Crippen LogP) is 3.91. The zero-order valence-corrected chi connectivity index (χ0v) is 8.90. The first kappa shape index (κ1) is 10.0. The number of nitrogens with zero attached hydrogens (tertiary/aromatic N) is 1. The molecule has 0 spiro atoms. The van der Waals surface area contributed by atoms with Gasteiger partial charge in [0.1, 0.15) is 11.6 Å². The number of para-hydroxylation sites is 1. The molecule has 1 nitrogen and oxygen atoms in total. The Balaban J connectivity index is 2.27. The highest BCUT2D eigenvalue weighted by Crippen LogP contribution is 2.21. The normalized spacial score (nSPS) is 10.9. The Morgan fingerprint density at radius 1 is 0.824 bits per heavy atom. The van der Waals surface area contributed by atoms with Crippen LogP contribution >= 0.6 is 0 Å². The van der Waals surface area contributed by atoms with E-state index in [1.54, 1.807) is 10.8 Å². The Bertz CT molecular complexity index is 665. The van der Waals surface area contributed by atoms with Gasteiger partial charge in [0.15, 0.2) is 0 Å². The summed E-state index contributed by atoms with van der Waals surface area (Å²) in [5.74, 6) is -1.14. The molecule has 0 fully saturated rings. The van der Waals surface area contributed by atoms with Crippen LogP contribution in [0.1, 0.15) is 0 Å². The monoisotopic (exact) mass is 229 g/mol. The fourth-order valence-corrected chi connectivity index (χ4v) is 1.99. The number of rotatable bonds is 1. The quantitative estimate of drug-likeness (QED) is 0.596. The van der Waals surface area contributed by atoms with Crippen LogP contribution in [0, 0.1) is 11.6 Å². The van der Waals surface area contributed by atoms with Gasteiger partial charge in [-0.15, -0.1) is 0 Å². The minimum atomic E-state index is -0.571. The van der Waals surface area contributed by atoms with Crippen LogP contribution in [-0.4, -0.2) is 4.57 Å². The standard InChI is InChI=1S/C14H9F2N/c15-11-7-12(16)9-13(8-11)17-6-5-10-3-1-2-4-14(10)17/h1-9H. The minimum absolute atomic E-state index is 0.490. The van der Waals surface area contributed by atoms with Crippen molar-refractivity contribution in [2.45, 2.75) is 0 Å². The summed E-state index contributed by atoms with van der Waals surface area (Å²) in [7, 11) is 0. The van der Waals surface area contributed by atoms with Crippen molar-refractivity contribution in [3.63, 3.8) is 0 Å². The number of aromatic nitrogens is 1. The van der Waals surface area contributed by atoms with Gasteiger partial charge in [0, 0.05) is 12.3 Å². The molecule has 0 amide bonds. The van der Waals surface area contributed by atoms with Crippen molar-refractivity contribution in [2.75, 3.05) is 0 Å². The van der Waals surface area contributed by atoms with Crippen molar-refractivity contribution in [3.05, 3.63) is 66.4 Å². The second-order valence-corrected chi connectivity index (χ2v) is 3.87. The van der Waals surface area contributed by atoms with Crippen molar-refractivity contribution in [3.8, 4) is 5.69 Å². The fourth-order valence-electron chi connectivity index (χ4n) is 1.99. The Labute approximate surface area is 96.9 Å². The molecule has 0 aliphatic rings. The maximum atomic E-state index is 13.2. The highest BCUT2D eigenvalue weighted by atomic mass is 19.1. The molecule has 1 heterocycles. The van der Waals surface area contributed by atoms with Crippen LogP contribution in [0.4, 0.5) is 8.78 Å². The van der Waals surface area contributed by atoms with E-state index < -0.39 is 11.6 Å². The van der Waals surface area contributed by atoms with Gasteiger partial charge in [-0.05, 0) is 29.7 Å². The number of halogens is 2. The Morgan fingerprint density at radius 3 is 2.29 bits per heavy atom. The molecular formula is C14H9F2N. The number of hydrogen-bond donors (Lipinski definition) is 0. The van der Waals surface area contributed by atoms with E-state index in [1.807, 2.05) is 30.3 Å². The van der Waals surface area contributed by atoms with Crippen LogP contribution in [0.3, 0.4) is 0 Å². The molecule has 0 bridgehead atoms. The number of hydrogen-bond acceptors (Lipinski definition) is 0. The molecule has 0 radical (unpaired) electrons. The lowest BCUT2D eigenvalue weighted by atomic mass is 10.2. The molecule has 0 N–H and O–H groups in total.